The number of benzene rings is 1. The van der Waals surface area contributed by atoms with Crippen LogP contribution in [0.15, 0.2) is 24.3 Å². The topological polar surface area (TPSA) is 41.1 Å². The number of hydrogen-bond acceptors (Lipinski definition) is 2. The van der Waals surface area contributed by atoms with Gasteiger partial charge in [-0.05, 0) is 43.6 Å². The van der Waals surface area contributed by atoms with E-state index in [0.717, 1.165) is 19.3 Å². The third-order valence-electron chi connectivity index (χ3n) is 4.36. The predicted molar refractivity (Wildman–Crippen MR) is 87.4 cm³/mol. The summed E-state index contributed by atoms with van der Waals surface area (Å²) in [7, 11) is 1.72. The molecule has 0 heterocycles. The second kappa shape index (κ2) is 7.08. The summed E-state index contributed by atoms with van der Waals surface area (Å²) in [6.07, 6.45) is 3.16. The summed E-state index contributed by atoms with van der Waals surface area (Å²) >= 11 is 0. The van der Waals surface area contributed by atoms with E-state index in [2.05, 4.69) is 55.7 Å². The predicted octanol–water partition coefficient (Wildman–Crippen LogP) is 2.99. The number of likely N-dealkylation sites (N-methyl/N-ethyl adjacent to an activating group) is 1. The van der Waals surface area contributed by atoms with Gasteiger partial charge in [0, 0.05) is 13.1 Å². The minimum absolute atomic E-state index is 0.0570. The van der Waals surface area contributed by atoms with Gasteiger partial charge >= 0.3 is 0 Å². The Morgan fingerprint density at radius 2 is 2.05 bits per heavy atom. The highest BCUT2D eigenvalue weighted by Gasteiger charge is 2.33. The number of hydrogen-bond donors (Lipinski definition) is 2. The molecule has 0 spiro atoms. The Morgan fingerprint density at radius 1 is 1.33 bits per heavy atom. The van der Waals surface area contributed by atoms with Crippen LogP contribution in [0.2, 0.25) is 0 Å². The Morgan fingerprint density at radius 3 is 2.62 bits per heavy atom. The highest BCUT2D eigenvalue weighted by molar-refractivity contribution is 5.81. The average molecular weight is 288 g/mol. The van der Waals surface area contributed by atoms with Crippen molar-refractivity contribution in [2.45, 2.75) is 58.0 Å². The molecule has 1 unspecified atom stereocenters. The van der Waals surface area contributed by atoms with E-state index in [1.165, 1.54) is 11.1 Å². The Labute approximate surface area is 128 Å². The van der Waals surface area contributed by atoms with Gasteiger partial charge in [0.25, 0.3) is 0 Å². The third-order valence-corrected chi connectivity index (χ3v) is 4.36. The quantitative estimate of drug-likeness (QED) is 0.845. The molecular formula is C18H28N2O. The summed E-state index contributed by atoms with van der Waals surface area (Å²) in [5.74, 6) is 1.28. The zero-order chi connectivity index (χ0) is 15.4. The second-order valence-electron chi connectivity index (χ2n) is 6.74. The van der Waals surface area contributed by atoms with Crippen molar-refractivity contribution in [3.05, 3.63) is 35.4 Å². The molecule has 2 rings (SSSR count). The number of carbonyl (C=O) groups excluding carboxylic acids is 1. The lowest BCUT2D eigenvalue weighted by Gasteiger charge is -2.38. The fourth-order valence-electron chi connectivity index (χ4n) is 3.13. The fourth-order valence-corrected chi connectivity index (χ4v) is 3.13. The van der Waals surface area contributed by atoms with Gasteiger partial charge in [-0.25, -0.2) is 0 Å². The van der Waals surface area contributed by atoms with Crippen molar-refractivity contribution in [2.24, 2.45) is 5.92 Å². The van der Waals surface area contributed by atoms with E-state index in [4.69, 9.17) is 0 Å². The summed E-state index contributed by atoms with van der Waals surface area (Å²) in [6.45, 7) is 6.46. The molecule has 1 amide bonds. The Balaban J connectivity index is 1.87. The molecule has 1 aromatic rings. The van der Waals surface area contributed by atoms with Crippen LogP contribution in [0.1, 0.15) is 50.2 Å². The van der Waals surface area contributed by atoms with Gasteiger partial charge in [-0.3, -0.25) is 4.79 Å². The molecular weight excluding hydrogens is 260 g/mol. The molecule has 1 aromatic carbocycles. The van der Waals surface area contributed by atoms with Crippen LogP contribution in [0.5, 0.6) is 0 Å². The lowest BCUT2D eigenvalue weighted by atomic mass is 9.75. The average Bonchev–Trinajstić information content (AvgIpc) is 2.39. The van der Waals surface area contributed by atoms with Crippen molar-refractivity contribution in [1.82, 2.24) is 10.6 Å². The molecule has 0 bridgehead atoms. The number of aryl methyl sites for hydroxylation is 1. The van der Waals surface area contributed by atoms with E-state index in [-0.39, 0.29) is 11.9 Å². The number of rotatable bonds is 6. The van der Waals surface area contributed by atoms with Crippen molar-refractivity contribution >= 4 is 5.91 Å². The van der Waals surface area contributed by atoms with Crippen LogP contribution in [-0.4, -0.2) is 25.0 Å². The summed E-state index contributed by atoms with van der Waals surface area (Å²) in [5.41, 5.74) is 2.76. The maximum Gasteiger partial charge on any atom is 0.236 e. The highest BCUT2D eigenvalue weighted by Crippen LogP contribution is 2.37. The Kier molecular flexibility index (Phi) is 5.40. The van der Waals surface area contributed by atoms with Crippen LogP contribution < -0.4 is 10.6 Å². The number of amides is 1. The molecule has 0 saturated heterocycles. The maximum atomic E-state index is 11.9. The van der Waals surface area contributed by atoms with E-state index in [9.17, 15) is 4.79 Å². The first-order valence-electron chi connectivity index (χ1n) is 8.03. The van der Waals surface area contributed by atoms with Crippen LogP contribution in [-0.2, 0) is 4.79 Å². The minimum atomic E-state index is -0.0570. The van der Waals surface area contributed by atoms with Crippen LogP contribution in [0.3, 0.4) is 0 Å². The fraction of sp³-hybridized carbons (Fsp3) is 0.611. The van der Waals surface area contributed by atoms with Gasteiger partial charge in [0.05, 0.1) is 6.04 Å². The Hall–Kier alpha value is -1.35. The molecule has 1 atom stereocenters. The molecule has 0 aliphatic heterocycles. The van der Waals surface area contributed by atoms with E-state index < -0.39 is 0 Å². The summed E-state index contributed by atoms with van der Waals surface area (Å²) < 4.78 is 0. The van der Waals surface area contributed by atoms with Crippen molar-refractivity contribution < 1.29 is 4.79 Å². The van der Waals surface area contributed by atoms with Gasteiger partial charge in [-0.2, -0.15) is 0 Å². The molecule has 116 valence electrons. The van der Waals surface area contributed by atoms with E-state index >= 15 is 0 Å². The first-order chi connectivity index (χ1) is 9.99. The van der Waals surface area contributed by atoms with Crippen LogP contribution in [0.25, 0.3) is 0 Å². The molecule has 3 heteroatoms. The largest absolute Gasteiger partial charge is 0.358 e. The first-order valence-corrected chi connectivity index (χ1v) is 8.03. The monoisotopic (exact) mass is 288 g/mol. The Bertz CT molecular complexity index is 478. The van der Waals surface area contributed by atoms with Crippen molar-refractivity contribution in [2.75, 3.05) is 7.05 Å². The number of carbonyl (C=O) groups is 1. The van der Waals surface area contributed by atoms with Gasteiger partial charge in [0.1, 0.15) is 0 Å². The van der Waals surface area contributed by atoms with Gasteiger partial charge in [0.2, 0.25) is 5.91 Å². The molecule has 0 aromatic heterocycles. The van der Waals surface area contributed by atoms with Crippen LogP contribution in [0, 0.1) is 12.8 Å². The lowest BCUT2D eigenvalue weighted by Crippen LogP contribution is -2.51. The van der Waals surface area contributed by atoms with E-state index in [1.54, 1.807) is 7.05 Å². The van der Waals surface area contributed by atoms with Crippen molar-refractivity contribution in [1.29, 1.82) is 0 Å². The molecule has 21 heavy (non-hydrogen) atoms. The first kappa shape index (κ1) is 16.0. The van der Waals surface area contributed by atoms with Gasteiger partial charge in [-0.1, -0.05) is 43.7 Å². The summed E-state index contributed by atoms with van der Waals surface area (Å²) in [4.78, 5) is 11.9. The van der Waals surface area contributed by atoms with Crippen molar-refractivity contribution in [3.63, 3.8) is 0 Å². The molecule has 1 aliphatic rings. The smallest absolute Gasteiger partial charge is 0.236 e. The SMILES string of the molecule is CNC(=O)C(CC(C)C)NC1CC(c2cccc(C)c2)C1. The lowest BCUT2D eigenvalue weighted by molar-refractivity contribution is -0.123. The molecule has 1 saturated carbocycles. The summed E-state index contributed by atoms with van der Waals surface area (Å²) in [6, 6.07) is 9.19. The van der Waals surface area contributed by atoms with Crippen molar-refractivity contribution in [3.8, 4) is 0 Å². The van der Waals surface area contributed by atoms with E-state index in [1.807, 2.05) is 0 Å². The standard InChI is InChI=1S/C18H28N2O/c1-12(2)8-17(18(21)19-4)20-16-10-15(11-16)14-7-5-6-13(3)9-14/h5-7,9,12,15-17,20H,8,10-11H2,1-4H3,(H,19,21). The van der Waals surface area contributed by atoms with Crippen LogP contribution >= 0.6 is 0 Å². The highest BCUT2D eigenvalue weighted by atomic mass is 16.2. The van der Waals surface area contributed by atoms with Gasteiger partial charge in [-0.15, -0.1) is 0 Å². The third kappa shape index (κ3) is 4.31. The molecule has 0 radical (unpaired) electrons. The molecule has 1 fully saturated rings. The zero-order valence-corrected chi connectivity index (χ0v) is 13.6. The van der Waals surface area contributed by atoms with Gasteiger partial charge in [0.15, 0.2) is 0 Å². The second-order valence-corrected chi connectivity index (χ2v) is 6.74. The molecule has 2 N–H and O–H groups in total. The van der Waals surface area contributed by atoms with Gasteiger partial charge < -0.3 is 10.6 Å². The normalized spacial score (nSPS) is 22.7. The maximum absolute atomic E-state index is 11.9. The van der Waals surface area contributed by atoms with E-state index in [0.29, 0.717) is 17.9 Å². The molecule has 1 aliphatic carbocycles. The summed E-state index contributed by atoms with van der Waals surface area (Å²) in [5, 5.41) is 6.31. The van der Waals surface area contributed by atoms with Crippen LogP contribution in [0.4, 0.5) is 0 Å². The zero-order valence-electron chi connectivity index (χ0n) is 13.6. The molecule has 3 nitrogen and oxygen atoms in total. The number of nitrogens with one attached hydrogen (secondary N) is 2. The minimum Gasteiger partial charge on any atom is -0.358 e.